The molecule has 0 unspecified atom stereocenters. The molecular weight excluding hydrogens is 310 g/mol. The van der Waals surface area contributed by atoms with Crippen molar-refractivity contribution in [2.75, 3.05) is 0 Å². The van der Waals surface area contributed by atoms with Gasteiger partial charge in [-0.15, -0.1) is 11.3 Å². The average molecular weight is 325 g/mol. The summed E-state index contributed by atoms with van der Waals surface area (Å²) in [4.78, 5) is 20.2. The van der Waals surface area contributed by atoms with Crippen LogP contribution in [0.25, 0.3) is 6.08 Å². The maximum Gasteiger partial charge on any atom is 0.244 e. The van der Waals surface area contributed by atoms with Crippen LogP contribution >= 0.6 is 11.3 Å². The van der Waals surface area contributed by atoms with Crippen LogP contribution in [-0.4, -0.2) is 25.7 Å². The maximum absolute atomic E-state index is 12.2. The summed E-state index contributed by atoms with van der Waals surface area (Å²) in [5, 5.41) is 8.98. The van der Waals surface area contributed by atoms with Crippen molar-refractivity contribution < 1.29 is 4.79 Å². The molecule has 6 nitrogen and oxygen atoms in total. The molecule has 116 valence electrons. The Balaban J connectivity index is 1.71. The van der Waals surface area contributed by atoms with E-state index in [1.54, 1.807) is 22.6 Å². The number of thiazole rings is 1. The predicted octanol–water partition coefficient (Wildman–Crippen LogP) is 2.31. The molecule has 0 fully saturated rings. The number of carbonyl (C=O) groups excluding carboxylic acids is 1. The van der Waals surface area contributed by atoms with Crippen molar-refractivity contribution in [1.82, 2.24) is 25.1 Å². The lowest BCUT2D eigenvalue weighted by Gasteiger charge is -2.18. The first-order valence-electron chi connectivity index (χ1n) is 7.05. The second kappa shape index (κ2) is 7.46. The lowest BCUT2D eigenvalue weighted by Crippen LogP contribution is -2.30. The minimum absolute atomic E-state index is 0.174. The summed E-state index contributed by atoms with van der Waals surface area (Å²) >= 11 is 1.49. The highest BCUT2D eigenvalue weighted by molar-refractivity contribution is 7.07. The Morgan fingerprint density at radius 3 is 2.91 bits per heavy atom. The summed E-state index contributed by atoms with van der Waals surface area (Å²) in [6.07, 6.45) is 6.30. The van der Waals surface area contributed by atoms with E-state index >= 15 is 0 Å². The fourth-order valence-corrected chi connectivity index (χ4v) is 2.64. The minimum atomic E-state index is -0.189. The number of aromatic nitrogens is 4. The molecule has 1 N–H and O–H groups in total. The number of hydrogen-bond acceptors (Lipinski definition) is 5. The number of hydrogen-bond donors (Lipinski definition) is 1. The maximum atomic E-state index is 12.2. The summed E-state index contributed by atoms with van der Waals surface area (Å²) in [6.45, 7) is 0.514. The number of amides is 1. The van der Waals surface area contributed by atoms with Gasteiger partial charge in [-0.05, 0) is 11.6 Å². The van der Waals surface area contributed by atoms with Crippen molar-refractivity contribution in [2.24, 2.45) is 0 Å². The van der Waals surface area contributed by atoms with Crippen LogP contribution in [0, 0.1) is 0 Å². The number of carbonyl (C=O) groups is 1. The van der Waals surface area contributed by atoms with E-state index in [1.807, 2.05) is 35.7 Å². The van der Waals surface area contributed by atoms with Gasteiger partial charge in [-0.25, -0.2) is 9.97 Å². The average Bonchev–Trinajstić information content (AvgIpc) is 3.27. The zero-order valence-electron chi connectivity index (χ0n) is 12.2. The van der Waals surface area contributed by atoms with Crippen LogP contribution < -0.4 is 5.32 Å². The minimum Gasteiger partial charge on any atom is -0.344 e. The first-order valence-corrected chi connectivity index (χ1v) is 7.99. The lowest BCUT2D eigenvalue weighted by atomic mass is 10.1. The molecule has 1 atom stereocenters. The Hall–Kier alpha value is -2.80. The van der Waals surface area contributed by atoms with Crippen LogP contribution in [0.1, 0.15) is 17.3 Å². The summed E-state index contributed by atoms with van der Waals surface area (Å²) in [6, 6.07) is 9.60. The number of nitrogens with one attached hydrogen (secondary N) is 1. The first-order chi connectivity index (χ1) is 11.3. The Labute approximate surface area is 137 Å². The molecule has 0 aliphatic rings. The number of nitrogens with zero attached hydrogens (tertiary/aromatic N) is 4. The van der Waals surface area contributed by atoms with E-state index in [1.165, 1.54) is 23.7 Å². The summed E-state index contributed by atoms with van der Waals surface area (Å²) in [5.74, 6) is -0.174. The summed E-state index contributed by atoms with van der Waals surface area (Å²) in [7, 11) is 0. The van der Waals surface area contributed by atoms with Crippen LogP contribution in [0.15, 0.2) is 60.0 Å². The van der Waals surface area contributed by atoms with E-state index in [0.717, 1.165) is 11.3 Å². The molecule has 3 aromatic rings. The number of rotatable bonds is 6. The van der Waals surface area contributed by atoms with Crippen LogP contribution in [0.3, 0.4) is 0 Å². The van der Waals surface area contributed by atoms with Crippen molar-refractivity contribution in [3.63, 3.8) is 0 Å². The highest BCUT2D eigenvalue weighted by Crippen LogP contribution is 2.14. The normalized spacial score (nSPS) is 12.3. The number of benzene rings is 1. The van der Waals surface area contributed by atoms with Gasteiger partial charge in [-0.3, -0.25) is 9.48 Å². The lowest BCUT2D eigenvalue weighted by molar-refractivity contribution is -0.117. The van der Waals surface area contributed by atoms with Gasteiger partial charge < -0.3 is 5.32 Å². The molecule has 0 saturated heterocycles. The van der Waals surface area contributed by atoms with Crippen LogP contribution in [-0.2, 0) is 11.3 Å². The highest BCUT2D eigenvalue weighted by atomic mass is 32.1. The first kappa shape index (κ1) is 15.1. The van der Waals surface area contributed by atoms with Gasteiger partial charge in [0.15, 0.2) is 0 Å². The highest BCUT2D eigenvalue weighted by Gasteiger charge is 2.14. The van der Waals surface area contributed by atoms with E-state index in [-0.39, 0.29) is 11.9 Å². The van der Waals surface area contributed by atoms with E-state index in [2.05, 4.69) is 20.4 Å². The molecule has 0 aliphatic heterocycles. The zero-order valence-corrected chi connectivity index (χ0v) is 13.1. The quantitative estimate of drug-likeness (QED) is 0.706. The van der Waals surface area contributed by atoms with E-state index in [9.17, 15) is 4.79 Å². The molecule has 1 aromatic carbocycles. The molecule has 0 bridgehead atoms. The molecule has 2 aromatic heterocycles. The van der Waals surface area contributed by atoms with Gasteiger partial charge in [0.25, 0.3) is 0 Å². The van der Waals surface area contributed by atoms with Crippen LogP contribution in [0.2, 0.25) is 0 Å². The van der Waals surface area contributed by atoms with Crippen LogP contribution in [0.4, 0.5) is 0 Å². The topological polar surface area (TPSA) is 72.7 Å². The molecular formula is C16H15N5OS. The molecule has 1 amide bonds. The van der Waals surface area contributed by atoms with Gasteiger partial charge in [0.2, 0.25) is 5.91 Å². The Bertz CT molecular complexity index is 753. The summed E-state index contributed by atoms with van der Waals surface area (Å²) in [5.41, 5.74) is 3.52. The van der Waals surface area contributed by atoms with E-state index in [0.29, 0.717) is 6.54 Å². The van der Waals surface area contributed by atoms with Gasteiger partial charge in [0.1, 0.15) is 12.7 Å². The van der Waals surface area contributed by atoms with Crippen molar-refractivity contribution in [1.29, 1.82) is 0 Å². The van der Waals surface area contributed by atoms with Gasteiger partial charge in [0, 0.05) is 11.5 Å². The third-order valence-electron chi connectivity index (χ3n) is 3.21. The van der Waals surface area contributed by atoms with E-state index < -0.39 is 0 Å². The second-order valence-corrected chi connectivity index (χ2v) is 5.55. The molecule has 0 radical (unpaired) electrons. The molecule has 3 rings (SSSR count). The van der Waals surface area contributed by atoms with Gasteiger partial charge >= 0.3 is 0 Å². The SMILES string of the molecule is O=C(/C=C\c1cscn1)N[C@H](Cn1cncn1)c1ccccc1. The molecule has 2 heterocycles. The van der Waals surface area contributed by atoms with Crippen molar-refractivity contribution in [3.8, 4) is 0 Å². The fraction of sp³-hybridized carbons (Fsp3) is 0.125. The largest absolute Gasteiger partial charge is 0.344 e. The smallest absolute Gasteiger partial charge is 0.244 e. The molecule has 7 heteroatoms. The summed E-state index contributed by atoms with van der Waals surface area (Å²) < 4.78 is 1.70. The molecule has 23 heavy (non-hydrogen) atoms. The predicted molar refractivity (Wildman–Crippen MR) is 88.5 cm³/mol. The fourth-order valence-electron chi connectivity index (χ4n) is 2.12. The van der Waals surface area contributed by atoms with Gasteiger partial charge in [0.05, 0.1) is 23.8 Å². The monoisotopic (exact) mass is 325 g/mol. The third-order valence-corrected chi connectivity index (χ3v) is 3.82. The molecule has 0 spiro atoms. The van der Waals surface area contributed by atoms with Gasteiger partial charge in [-0.2, -0.15) is 5.10 Å². The second-order valence-electron chi connectivity index (χ2n) is 4.84. The standard InChI is InChI=1S/C16H15N5OS/c22-16(7-6-14-9-23-12-18-14)20-15(8-21-11-17-10-19-21)13-4-2-1-3-5-13/h1-7,9-12,15H,8H2,(H,20,22)/b7-6-/t15-/m1/s1. The van der Waals surface area contributed by atoms with Crippen LogP contribution in [0.5, 0.6) is 0 Å². The molecule has 0 saturated carbocycles. The van der Waals surface area contributed by atoms with Gasteiger partial charge in [-0.1, -0.05) is 30.3 Å². The van der Waals surface area contributed by atoms with Crippen molar-refractivity contribution >= 4 is 23.3 Å². The van der Waals surface area contributed by atoms with E-state index in [4.69, 9.17) is 0 Å². The zero-order chi connectivity index (χ0) is 15.9. The van der Waals surface area contributed by atoms with Crippen molar-refractivity contribution in [3.05, 3.63) is 71.2 Å². The third kappa shape index (κ3) is 4.33. The Morgan fingerprint density at radius 1 is 1.35 bits per heavy atom. The van der Waals surface area contributed by atoms with Crippen molar-refractivity contribution in [2.45, 2.75) is 12.6 Å². The Morgan fingerprint density at radius 2 is 2.22 bits per heavy atom. The Kier molecular flexibility index (Phi) is 4.90. The molecule has 0 aliphatic carbocycles.